The fourth-order valence-electron chi connectivity index (χ4n) is 3.03. The minimum Gasteiger partial charge on any atom is -0.508 e. The van der Waals surface area contributed by atoms with Crippen molar-refractivity contribution >= 4 is 11.0 Å². The number of phenolic OH excluding ortho intramolecular Hbond substituents is 1. The van der Waals surface area contributed by atoms with Crippen molar-refractivity contribution in [3.63, 3.8) is 0 Å². The lowest BCUT2D eigenvalue weighted by molar-refractivity contribution is 0.473. The van der Waals surface area contributed by atoms with Gasteiger partial charge in [-0.1, -0.05) is 36.4 Å². The number of fused-ring (bicyclic) bond motifs is 1. The van der Waals surface area contributed by atoms with Crippen LogP contribution in [0.15, 0.2) is 82.3 Å². The third kappa shape index (κ3) is 2.90. The van der Waals surface area contributed by atoms with Crippen LogP contribution in [-0.4, -0.2) is 10.1 Å². The van der Waals surface area contributed by atoms with E-state index in [1.807, 2.05) is 42.5 Å². The molecular formula is C21H15NO3. The average Bonchev–Trinajstić information content (AvgIpc) is 2.64. The van der Waals surface area contributed by atoms with Gasteiger partial charge >= 0.3 is 5.63 Å². The van der Waals surface area contributed by atoms with Crippen molar-refractivity contribution in [2.45, 2.75) is 6.42 Å². The molecule has 0 aliphatic rings. The molecule has 0 atom stereocenters. The van der Waals surface area contributed by atoms with E-state index in [2.05, 4.69) is 4.98 Å². The predicted molar refractivity (Wildman–Crippen MR) is 96.6 cm³/mol. The zero-order valence-electron chi connectivity index (χ0n) is 13.3. The summed E-state index contributed by atoms with van der Waals surface area (Å²) in [6.45, 7) is 0. The lowest BCUT2D eigenvalue weighted by Crippen LogP contribution is -2.11. The van der Waals surface area contributed by atoms with Gasteiger partial charge < -0.3 is 9.52 Å². The second-order valence-electron chi connectivity index (χ2n) is 5.83. The van der Waals surface area contributed by atoms with Gasteiger partial charge in [-0.3, -0.25) is 4.98 Å². The number of aromatic nitrogens is 1. The fraction of sp³-hybridized carbons (Fsp3) is 0.0476. The van der Waals surface area contributed by atoms with Crippen LogP contribution in [0.4, 0.5) is 0 Å². The van der Waals surface area contributed by atoms with Crippen molar-refractivity contribution < 1.29 is 9.52 Å². The van der Waals surface area contributed by atoms with Crippen molar-refractivity contribution in [1.29, 1.82) is 0 Å². The standard InChI is InChI=1S/C21H15NO3/c23-16-8-9-17-19(12-16)25-21(24)18(11-14-5-2-1-3-6-14)20(17)15-7-4-10-22-13-15/h1-10,12-13,23H,11H2. The Kier molecular flexibility index (Phi) is 3.78. The van der Waals surface area contributed by atoms with Gasteiger partial charge in [0.1, 0.15) is 11.3 Å². The van der Waals surface area contributed by atoms with Crippen molar-refractivity contribution in [3.05, 3.63) is 94.6 Å². The molecule has 0 spiro atoms. The van der Waals surface area contributed by atoms with Gasteiger partial charge in [-0.05, 0) is 23.8 Å². The van der Waals surface area contributed by atoms with Crippen LogP contribution < -0.4 is 5.63 Å². The van der Waals surface area contributed by atoms with E-state index in [0.717, 1.165) is 22.1 Å². The molecule has 4 nitrogen and oxygen atoms in total. The molecule has 4 aromatic rings. The molecule has 4 rings (SSSR count). The van der Waals surface area contributed by atoms with Crippen LogP contribution in [-0.2, 0) is 6.42 Å². The molecule has 2 heterocycles. The van der Waals surface area contributed by atoms with E-state index in [1.54, 1.807) is 24.5 Å². The summed E-state index contributed by atoms with van der Waals surface area (Å²) in [6, 6.07) is 18.4. The molecular weight excluding hydrogens is 314 g/mol. The van der Waals surface area contributed by atoms with E-state index in [4.69, 9.17) is 4.42 Å². The fourth-order valence-corrected chi connectivity index (χ4v) is 3.03. The Morgan fingerprint density at radius 3 is 2.60 bits per heavy atom. The largest absolute Gasteiger partial charge is 0.508 e. The van der Waals surface area contributed by atoms with Crippen LogP contribution >= 0.6 is 0 Å². The molecule has 1 N–H and O–H groups in total. The lowest BCUT2D eigenvalue weighted by Gasteiger charge is -2.12. The first-order chi connectivity index (χ1) is 12.2. The van der Waals surface area contributed by atoms with Gasteiger partial charge in [-0.15, -0.1) is 0 Å². The molecule has 0 saturated carbocycles. The second-order valence-corrected chi connectivity index (χ2v) is 5.83. The highest BCUT2D eigenvalue weighted by Gasteiger charge is 2.17. The predicted octanol–water partition coefficient (Wildman–Crippen LogP) is 4.15. The smallest absolute Gasteiger partial charge is 0.340 e. The molecule has 0 aliphatic heterocycles. The highest BCUT2D eigenvalue weighted by atomic mass is 16.4. The molecule has 0 unspecified atom stereocenters. The third-order valence-electron chi connectivity index (χ3n) is 4.16. The summed E-state index contributed by atoms with van der Waals surface area (Å²) in [4.78, 5) is 16.9. The maximum Gasteiger partial charge on any atom is 0.340 e. The summed E-state index contributed by atoms with van der Waals surface area (Å²) in [5.41, 5.74) is 3.21. The Bertz CT molecular complexity index is 1090. The van der Waals surface area contributed by atoms with Crippen LogP contribution in [0.2, 0.25) is 0 Å². The third-order valence-corrected chi connectivity index (χ3v) is 4.16. The normalized spacial score (nSPS) is 10.9. The number of benzene rings is 2. The topological polar surface area (TPSA) is 63.3 Å². The van der Waals surface area contributed by atoms with Gasteiger partial charge in [0.15, 0.2) is 0 Å². The number of nitrogens with zero attached hydrogens (tertiary/aromatic N) is 1. The maximum absolute atomic E-state index is 12.7. The summed E-state index contributed by atoms with van der Waals surface area (Å²) < 4.78 is 5.47. The van der Waals surface area contributed by atoms with Crippen LogP contribution in [0.5, 0.6) is 5.75 Å². The molecule has 0 bridgehead atoms. The quantitative estimate of drug-likeness (QED) is 0.574. The molecule has 0 amide bonds. The van der Waals surface area contributed by atoms with Crippen molar-refractivity contribution in [1.82, 2.24) is 4.98 Å². The van der Waals surface area contributed by atoms with Crippen LogP contribution in [0.1, 0.15) is 11.1 Å². The first-order valence-electron chi connectivity index (χ1n) is 7.95. The first-order valence-corrected chi connectivity index (χ1v) is 7.95. The molecule has 2 aromatic heterocycles. The van der Waals surface area contributed by atoms with Gasteiger partial charge in [-0.25, -0.2) is 4.79 Å². The molecule has 2 aromatic carbocycles. The molecule has 0 fully saturated rings. The minimum atomic E-state index is -0.402. The van der Waals surface area contributed by atoms with Crippen molar-refractivity contribution in [2.24, 2.45) is 0 Å². The zero-order chi connectivity index (χ0) is 17.2. The Morgan fingerprint density at radius 2 is 1.84 bits per heavy atom. The minimum absolute atomic E-state index is 0.0589. The molecule has 122 valence electrons. The second kappa shape index (κ2) is 6.24. The van der Waals surface area contributed by atoms with E-state index in [1.165, 1.54) is 6.07 Å². The number of phenols is 1. The SMILES string of the molecule is O=c1oc2cc(O)ccc2c(-c2cccnc2)c1Cc1ccccc1. The molecule has 25 heavy (non-hydrogen) atoms. The highest BCUT2D eigenvalue weighted by Crippen LogP contribution is 2.32. The summed E-state index contributed by atoms with van der Waals surface area (Å²) >= 11 is 0. The van der Waals surface area contributed by atoms with Gasteiger partial charge in [0.05, 0.1) is 5.56 Å². The van der Waals surface area contributed by atoms with E-state index >= 15 is 0 Å². The molecule has 4 heteroatoms. The van der Waals surface area contributed by atoms with Crippen molar-refractivity contribution in [2.75, 3.05) is 0 Å². The van der Waals surface area contributed by atoms with Gasteiger partial charge in [-0.2, -0.15) is 0 Å². The van der Waals surface area contributed by atoms with Gasteiger partial charge in [0, 0.05) is 41.4 Å². The zero-order valence-corrected chi connectivity index (χ0v) is 13.3. The van der Waals surface area contributed by atoms with E-state index in [-0.39, 0.29) is 5.75 Å². The summed E-state index contributed by atoms with van der Waals surface area (Å²) in [5.74, 6) is 0.0589. The Balaban J connectivity index is 2.02. The van der Waals surface area contributed by atoms with Gasteiger partial charge in [0.2, 0.25) is 0 Å². The van der Waals surface area contributed by atoms with Gasteiger partial charge in [0.25, 0.3) is 0 Å². The Morgan fingerprint density at radius 1 is 1.00 bits per heavy atom. The van der Waals surface area contributed by atoms with Crippen molar-refractivity contribution in [3.8, 4) is 16.9 Å². The van der Waals surface area contributed by atoms with Crippen LogP contribution in [0.3, 0.4) is 0 Å². The lowest BCUT2D eigenvalue weighted by atomic mass is 9.94. The number of hydrogen-bond acceptors (Lipinski definition) is 4. The number of hydrogen-bond donors (Lipinski definition) is 1. The Labute approximate surface area is 144 Å². The average molecular weight is 329 g/mol. The van der Waals surface area contributed by atoms with Crippen LogP contribution in [0, 0.1) is 0 Å². The number of pyridine rings is 1. The first kappa shape index (κ1) is 15.1. The molecule has 0 radical (unpaired) electrons. The number of rotatable bonds is 3. The highest BCUT2D eigenvalue weighted by molar-refractivity contribution is 5.95. The maximum atomic E-state index is 12.7. The monoisotopic (exact) mass is 329 g/mol. The van der Waals surface area contributed by atoms with E-state index in [0.29, 0.717) is 17.6 Å². The Hall–Kier alpha value is -3.40. The summed E-state index contributed by atoms with van der Waals surface area (Å²) in [5, 5.41) is 10.5. The molecule has 0 saturated heterocycles. The van der Waals surface area contributed by atoms with Crippen LogP contribution in [0.25, 0.3) is 22.1 Å². The molecule has 0 aliphatic carbocycles. The summed E-state index contributed by atoms with van der Waals surface area (Å²) in [7, 11) is 0. The number of aromatic hydroxyl groups is 1. The van der Waals surface area contributed by atoms with E-state index in [9.17, 15) is 9.90 Å². The summed E-state index contributed by atoms with van der Waals surface area (Å²) in [6.07, 6.45) is 3.89. The van der Waals surface area contributed by atoms with E-state index < -0.39 is 5.63 Å².